The second-order valence-electron chi connectivity index (χ2n) is 4.62. The van der Waals surface area contributed by atoms with E-state index in [1.165, 1.54) is 0 Å². The lowest BCUT2D eigenvalue weighted by molar-refractivity contribution is 0.0827. The number of nitrogens with zero attached hydrogens (tertiary/aromatic N) is 2. The molecule has 19 heavy (non-hydrogen) atoms. The quantitative estimate of drug-likeness (QED) is 0.882. The van der Waals surface area contributed by atoms with Crippen LogP contribution in [0.15, 0.2) is 30.5 Å². The van der Waals surface area contributed by atoms with Gasteiger partial charge in [-0.25, -0.2) is 4.98 Å². The predicted octanol–water partition coefficient (Wildman–Crippen LogP) is 2.03. The van der Waals surface area contributed by atoms with E-state index in [9.17, 15) is 4.79 Å². The van der Waals surface area contributed by atoms with Crippen molar-refractivity contribution < 1.29 is 4.79 Å². The Morgan fingerprint density at radius 2 is 2.00 bits per heavy atom. The van der Waals surface area contributed by atoms with E-state index in [0.717, 1.165) is 17.2 Å². The zero-order valence-corrected chi connectivity index (χ0v) is 11.4. The van der Waals surface area contributed by atoms with E-state index in [-0.39, 0.29) is 5.91 Å². The lowest BCUT2D eigenvalue weighted by atomic mass is 10.2. The van der Waals surface area contributed by atoms with Gasteiger partial charge in [-0.05, 0) is 31.2 Å². The number of anilines is 1. The molecule has 0 unspecified atom stereocenters. The van der Waals surface area contributed by atoms with E-state index in [4.69, 9.17) is 0 Å². The second kappa shape index (κ2) is 5.56. The molecule has 0 aliphatic carbocycles. The Bertz CT molecular complexity index is 557. The Morgan fingerprint density at radius 1 is 1.32 bits per heavy atom. The molecule has 1 heterocycles. The van der Waals surface area contributed by atoms with Crippen LogP contribution in [0.2, 0.25) is 0 Å². The first-order valence-corrected chi connectivity index (χ1v) is 6.12. The van der Waals surface area contributed by atoms with Crippen molar-refractivity contribution in [3.05, 3.63) is 47.5 Å². The molecule has 0 fully saturated rings. The van der Waals surface area contributed by atoms with Crippen molar-refractivity contribution in [2.75, 3.05) is 19.4 Å². The summed E-state index contributed by atoms with van der Waals surface area (Å²) in [6.45, 7) is 2.60. The molecule has 0 saturated carbocycles. The van der Waals surface area contributed by atoms with Crippen LogP contribution < -0.4 is 5.32 Å². The van der Waals surface area contributed by atoms with E-state index < -0.39 is 0 Å². The summed E-state index contributed by atoms with van der Waals surface area (Å²) in [5, 5.41) is 3.27. The van der Waals surface area contributed by atoms with Gasteiger partial charge in [0.2, 0.25) is 0 Å². The number of imidazole rings is 1. The van der Waals surface area contributed by atoms with Crippen molar-refractivity contribution in [3.63, 3.8) is 0 Å². The number of carbonyl (C=O) groups excluding carboxylic acids is 1. The Morgan fingerprint density at radius 3 is 2.53 bits per heavy atom. The highest BCUT2D eigenvalue weighted by Gasteiger charge is 2.06. The van der Waals surface area contributed by atoms with Gasteiger partial charge in [-0.1, -0.05) is 0 Å². The lowest BCUT2D eigenvalue weighted by Crippen LogP contribution is -2.21. The Balaban J connectivity index is 1.97. The minimum absolute atomic E-state index is 0.00995. The van der Waals surface area contributed by atoms with Crippen LogP contribution in [0.1, 0.15) is 21.9 Å². The summed E-state index contributed by atoms with van der Waals surface area (Å²) < 4.78 is 0. The van der Waals surface area contributed by atoms with E-state index in [1.54, 1.807) is 19.0 Å². The van der Waals surface area contributed by atoms with Gasteiger partial charge in [0.1, 0.15) is 5.82 Å². The first-order chi connectivity index (χ1) is 9.06. The van der Waals surface area contributed by atoms with Gasteiger partial charge in [-0.15, -0.1) is 0 Å². The number of rotatable bonds is 4. The van der Waals surface area contributed by atoms with Gasteiger partial charge in [0, 0.05) is 25.3 Å². The first-order valence-electron chi connectivity index (χ1n) is 6.12. The van der Waals surface area contributed by atoms with Crippen molar-refractivity contribution >= 4 is 11.6 Å². The highest BCUT2D eigenvalue weighted by molar-refractivity contribution is 5.94. The molecule has 0 spiro atoms. The lowest BCUT2D eigenvalue weighted by Gasteiger charge is -2.11. The van der Waals surface area contributed by atoms with Crippen molar-refractivity contribution in [1.29, 1.82) is 0 Å². The van der Waals surface area contributed by atoms with Crippen molar-refractivity contribution in [3.8, 4) is 0 Å². The largest absolute Gasteiger partial charge is 0.379 e. The molecule has 2 N–H and O–H groups in total. The van der Waals surface area contributed by atoms with Crippen LogP contribution >= 0.6 is 0 Å². The molecule has 0 bridgehead atoms. The normalized spacial score (nSPS) is 10.3. The van der Waals surface area contributed by atoms with Gasteiger partial charge in [-0.3, -0.25) is 4.79 Å². The predicted molar refractivity (Wildman–Crippen MR) is 75.1 cm³/mol. The Hall–Kier alpha value is -2.30. The van der Waals surface area contributed by atoms with Gasteiger partial charge in [0.15, 0.2) is 0 Å². The Labute approximate surface area is 112 Å². The number of aromatic nitrogens is 2. The third-order valence-electron chi connectivity index (χ3n) is 2.78. The van der Waals surface area contributed by atoms with Crippen LogP contribution in [0.4, 0.5) is 5.69 Å². The van der Waals surface area contributed by atoms with Crippen LogP contribution in [0, 0.1) is 6.92 Å². The second-order valence-corrected chi connectivity index (χ2v) is 4.62. The van der Waals surface area contributed by atoms with E-state index in [1.807, 2.05) is 37.4 Å². The maximum atomic E-state index is 11.7. The zero-order valence-electron chi connectivity index (χ0n) is 11.4. The molecule has 0 radical (unpaired) electrons. The molecule has 1 aromatic heterocycles. The molecule has 2 aromatic rings. The SMILES string of the molecule is Cc1ncc(CNc2ccc(C(=O)N(C)C)cc2)[nH]1. The van der Waals surface area contributed by atoms with E-state index >= 15 is 0 Å². The average Bonchev–Trinajstić information content (AvgIpc) is 2.82. The summed E-state index contributed by atoms with van der Waals surface area (Å²) in [6, 6.07) is 7.45. The smallest absolute Gasteiger partial charge is 0.253 e. The maximum absolute atomic E-state index is 11.7. The van der Waals surface area contributed by atoms with Gasteiger partial charge >= 0.3 is 0 Å². The number of nitrogens with one attached hydrogen (secondary N) is 2. The number of hydrogen-bond acceptors (Lipinski definition) is 3. The summed E-state index contributed by atoms with van der Waals surface area (Å²) >= 11 is 0. The average molecular weight is 258 g/mol. The van der Waals surface area contributed by atoms with Gasteiger partial charge in [0.05, 0.1) is 18.4 Å². The molecular formula is C14H18N4O. The molecule has 1 aromatic carbocycles. The van der Waals surface area contributed by atoms with E-state index in [0.29, 0.717) is 12.1 Å². The van der Waals surface area contributed by atoms with Crippen LogP contribution in [0.3, 0.4) is 0 Å². The topological polar surface area (TPSA) is 61.0 Å². The molecule has 100 valence electrons. The summed E-state index contributed by atoms with van der Waals surface area (Å²) in [6.07, 6.45) is 1.81. The summed E-state index contributed by atoms with van der Waals surface area (Å²) in [4.78, 5) is 20.6. The van der Waals surface area contributed by atoms with Gasteiger partial charge in [0.25, 0.3) is 5.91 Å². The first kappa shape index (κ1) is 13.1. The molecule has 0 saturated heterocycles. The number of benzene rings is 1. The number of H-pyrrole nitrogens is 1. The fourth-order valence-corrected chi connectivity index (χ4v) is 1.75. The third-order valence-corrected chi connectivity index (χ3v) is 2.78. The standard InChI is InChI=1S/C14H18N4O/c1-10-15-8-13(17-10)9-16-12-6-4-11(5-7-12)14(19)18(2)3/h4-8,16H,9H2,1-3H3,(H,15,17). The molecule has 5 nitrogen and oxygen atoms in total. The van der Waals surface area contributed by atoms with Crippen molar-refractivity contribution in [2.45, 2.75) is 13.5 Å². The fraction of sp³-hybridized carbons (Fsp3) is 0.286. The molecule has 5 heteroatoms. The number of amides is 1. The zero-order chi connectivity index (χ0) is 13.8. The third kappa shape index (κ3) is 3.34. The van der Waals surface area contributed by atoms with Crippen molar-refractivity contribution in [1.82, 2.24) is 14.9 Å². The van der Waals surface area contributed by atoms with Crippen molar-refractivity contribution in [2.24, 2.45) is 0 Å². The summed E-state index contributed by atoms with van der Waals surface area (Å²) in [7, 11) is 3.49. The summed E-state index contributed by atoms with van der Waals surface area (Å²) in [5.74, 6) is 0.916. The summed E-state index contributed by atoms with van der Waals surface area (Å²) in [5.41, 5.74) is 2.70. The van der Waals surface area contributed by atoms with Gasteiger partial charge in [-0.2, -0.15) is 0 Å². The maximum Gasteiger partial charge on any atom is 0.253 e. The van der Waals surface area contributed by atoms with Crippen LogP contribution in [0.25, 0.3) is 0 Å². The fourth-order valence-electron chi connectivity index (χ4n) is 1.75. The van der Waals surface area contributed by atoms with Gasteiger partial charge < -0.3 is 15.2 Å². The minimum atomic E-state index is 0.00995. The molecule has 0 atom stereocenters. The highest BCUT2D eigenvalue weighted by Crippen LogP contribution is 2.11. The molecule has 0 aliphatic rings. The number of carbonyl (C=O) groups is 1. The van der Waals surface area contributed by atoms with Crippen LogP contribution in [-0.4, -0.2) is 34.9 Å². The number of aryl methyl sites for hydroxylation is 1. The monoisotopic (exact) mass is 258 g/mol. The molecule has 0 aliphatic heterocycles. The number of aromatic amines is 1. The number of hydrogen-bond donors (Lipinski definition) is 2. The Kier molecular flexibility index (Phi) is 3.85. The van der Waals surface area contributed by atoms with E-state index in [2.05, 4.69) is 15.3 Å². The highest BCUT2D eigenvalue weighted by atomic mass is 16.2. The van der Waals surface area contributed by atoms with Crippen LogP contribution in [-0.2, 0) is 6.54 Å². The molecule has 1 amide bonds. The van der Waals surface area contributed by atoms with Crippen LogP contribution in [0.5, 0.6) is 0 Å². The molecule has 2 rings (SSSR count). The minimum Gasteiger partial charge on any atom is -0.379 e. The molecular weight excluding hydrogens is 240 g/mol.